The Balaban J connectivity index is 2.13. The highest BCUT2D eigenvalue weighted by Crippen LogP contribution is 2.13. The van der Waals surface area contributed by atoms with Gasteiger partial charge in [0.05, 0.1) is 0 Å². The molecule has 0 unspecified atom stereocenters. The Hall–Kier alpha value is -2.89. The van der Waals surface area contributed by atoms with E-state index in [0.29, 0.717) is 12.5 Å². The maximum atomic E-state index is 11.0. The number of nitrogens with one attached hydrogen (secondary N) is 1. The molecule has 2 aromatic rings. The molecule has 0 aliphatic rings. The maximum Gasteiger partial charge on any atom is 0.376 e. The third-order valence-corrected chi connectivity index (χ3v) is 2.61. The first-order valence-corrected chi connectivity index (χ1v) is 5.83. The van der Waals surface area contributed by atoms with Crippen molar-refractivity contribution in [3.63, 3.8) is 0 Å². The number of aliphatic carboxylic acids is 1. The Kier molecular flexibility index (Phi) is 3.95. The van der Waals surface area contributed by atoms with Crippen LogP contribution in [0.25, 0.3) is 5.76 Å². The number of hydrogen-bond acceptors (Lipinski definition) is 4. The number of aromatic amines is 1. The lowest BCUT2D eigenvalue weighted by Gasteiger charge is -1.96. The fourth-order valence-electron chi connectivity index (χ4n) is 1.66. The van der Waals surface area contributed by atoms with Crippen LogP contribution in [-0.4, -0.2) is 32.2 Å². The van der Waals surface area contributed by atoms with Gasteiger partial charge < -0.3 is 10.2 Å². The number of hydrogen-bond donors (Lipinski definition) is 3. The van der Waals surface area contributed by atoms with Gasteiger partial charge in [0.15, 0.2) is 0 Å². The van der Waals surface area contributed by atoms with Crippen LogP contribution in [0, 0.1) is 0 Å². The van der Waals surface area contributed by atoms with Crippen LogP contribution >= 0.6 is 0 Å². The smallest absolute Gasteiger partial charge is 0.376 e. The normalized spacial score (nSPS) is 11.3. The van der Waals surface area contributed by atoms with E-state index in [1.165, 1.54) is 0 Å². The number of aromatic nitrogens is 2. The standard InChI is InChI=1S/C14H12N2O4/c17-12(8-13(18)14(19)20)11-7-10(15-16-11)6-9-4-2-1-3-5-9/h1-5,7-8,17H,6H2,(H,15,16)(H,19,20). The summed E-state index contributed by atoms with van der Waals surface area (Å²) < 4.78 is 0. The van der Waals surface area contributed by atoms with Gasteiger partial charge in [0.25, 0.3) is 5.78 Å². The van der Waals surface area contributed by atoms with Crippen molar-refractivity contribution < 1.29 is 19.8 Å². The summed E-state index contributed by atoms with van der Waals surface area (Å²) in [5.74, 6) is -3.31. The van der Waals surface area contributed by atoms with Crippen molar-refractivity contribution in [2.45, 2.75) is 6.42 Å². The first-order chi connectivity index (χ1) is 9.56. The van der Waals surface area contributed by atoms with Crippen molar-refractivity contribution in [1.82, 2.24) is 10.2 Å². The molecule has 0 saturated carbocycles. The average molecular weight is 272 g/mol. The Morgan fingerprint density at radius 1 is 1.20 bits per heavy atom. The molecule has 1 aromatic heterocycles. The lowest BCUT2D eigenvalue weighted by atomic mass is 10.1. The summed E-state index contributed by atoms with van der Waals surface area (Å²) >= 11 is 0. The van der Waals surface area contributed by atoms with Crippen molar-refractivity contribution in [3.8, 4) is 0 Å². The molecule has 0 spiro atoms. The molecule has 0 atom stereocenters. The number of rotatable bonds is 5. The van der Waals surface area contributed by atoms with Crippen molar-refractivity contribution in [2.75, 3.05) is 0 Å². The number of benzene rings is 1. The van der Waals surface area contributed by atoms with Crippen LogP contribution in [0.2, 0.25) is 0 Å². The maximum absolute atomic E-state index is 11.0. The van der Waals surface area contributed by atoms with E-state index in [1.807, 2.05) is 30.3 Å². The van der Waals surface area contributed by atoms with Crippen molar-refractivity contribution in [1.29, 1.82) is 0 Å². The summed E-state index contributed by atoms with van der Waals surface area (Å²) in [6.45, 7) is 0. The molecule has 0 aliphatic carbocycles. The van der Waals surface area contributed by atoms with Gasteiger partial charge in [-0.1, -0.05) is 30.3 Å². The first kappa shape index (κ1) is 13.5. The van der Waals surface area contributed by atoms with Crippen LogP contribution in [0.15, 0.2) is 42.5 Å². The minimum Gasteiger partial charge on any atom is -0.505 e. The Morgan fingerprint density at radius 2 is 1.90 bits per heavy atom. The van der Waals surface area contributed by atoms with Gasteiger partial charge in [-0.25, -0.2) is 4.79 Å². The van der Waals surface area contributed by atoms with Gasteiger partial charge in [-0.3, -0.25) is 9.89 Å². The minimum absolute atomic E-state index is 0.130. The molecule has 0 radical (unpaired) electrons. The molecule has 0 saturated heterocycles. The number of H-pyrrole nitrogens is 1. The van der Waals surface area contributed by atoms with E-state index in [-0.39, 0.29) is 5.69 Å². The molecular weight excluding hydrogens is 260 g/mol. The number of aliphatic hydroxyl groups is 1. The summed E-state index contributed by atoms with van der Waals surface area (Å²) in [6, 6.07) is 11.2. The zero-order valence-corrected chi connectivity index (χ0v) is 10.4. The van der Waals surface area contributed by atoms with Gasteiger partial charge in [0, 0.05) is 18.2 Å². The number of carbonyl (C=O) groups is 2. The molecule has 3 N–H and O–H groups in total. The van der Waals surface area contributed by atoms with E-state index in [9.17, 15) is 14.7 Å². The third-order valence-electron chi connectivity index (χ3n) is 2.61. The van der Waals surface area contributed by atoms with Gasteiger partial charge in [0.2, 0.25) is 0 Å². The van der Waals surface area contributed by atoms with E-state index in [1.54, 1.807) is 6.07 Å². The molecule has 0 amide bonds. The zero-order chi connectivity index (χ0) is 14.5. The van der Waals surface area contributed by atoms with Crippen LogP contribution in [-0.2, 0) is 16.0 Å². The minimum atomic E-state index is -1.63. The molecule has 102 valence electrons. The molecule has 6 heteroatoms. The lowest BCUT2D eigenvalue weighted by molar-refractivity contribution is -0.146. The predicted octanol–water partition coefficient (Wildman–Crippen LogP) is 1.55. The van der Waals surface area contributed by atoms with Crippen molar-refractivity contribution >= 4 is 17.5 Å². The van der Waals surface area contributed by atoms with Crippen LogP contribution in [0.5, 0.6) is 0 Å². The molecule has 2 rings (SSSR count). The fraction of sp³-hybridized carbons (Fsp3) is 0.0714. The molecular formula is C14H12N2O4. The number of carboxylic acid groups (broad SMARTS) is 1. The topological polar surface area (TPSA) is 103 Å². The number of ketones is 1. The monoisotopic (exact) mass is 272 g/mol. The van der Waals surface area contributed by atoms with Crippen molar-refractivity contribution in [3.05, 3.63) is 59.4 Å². The van der Waals surface area contributed by atoms with Crippen LogP contribution < -0.4 is 0 Å². The first-order valence-electron chi connectivity index (χ1n) is 5.83. The Morgan fingerprint density at radius 3 is 2.55 bits per heavy atom. The van der Waals surface area contributed by atoms with Gasteiger partial charge in [-0.05, 0) is 11.6 Å². The van der Waals surface area contributed by atoms with Gasteiger partial charge in [-0.15, -0.1) is 0 Å². The van der Waals surface area contributed by atoms with Gasteiger partial charge in [0.1, 0.15) is 11.5 Å². The van der Waals surface area contributed by atoms with E-state index in [4.69, 9.17) is 5.11 Å². The average Bonchev–Trinajstić information content (AvgIpc) is 2.88. The summed E-state index contributed by atoms with van der Waals surface area (Å²) in [4.78, 5) is 21.3. The number of nitrogens with zero attached hydrogens (tertiary/aromatic N) is 1. The number of carboxylic acids is 1. The predicted molar refractivity (Wildman–Crippen MR) is 71.1 cm³/mol. The highest BCUT2D eigenvalue weighted by Gasteiger charge is 2.12. The fourth-order valence-corrected chi connectivity index (χ4v) is 1.66. The molecule has 1 heterocycles. The molecule has 0 aliphatic heterocycles. The second-order valence-electron chi connectivity index (χ2n) is 4.14. The van der Waals surface area contributed by atoms with E-state index < -0.39 is 17.5 Å². The molecule has 6 nitrogen and oxygen atoms in total. The lowest BCUT2D eigenvalue weighted by Crippen LogP contribution is -2.09. The second kappa shape index (κ2) is 5.83. The molecule has 1 aromatic carbocycles. The Labute approximate surface area is 114 Å². The Bertz CT molecular complexity index is 659. The SMILES string of the molecule is O=C(O)C(=O)C=C(O)c1cc(Cc2ccccc2)[nH]n1. The van der Waals surface area contributed by atoms with E-state index in [0.717, 1.165) is 11.3 Å². The van der Waals surface area contributed by atoms with Crippen LogP contribution in [0.4, 0.5) is 0 Å². The third kappa shape index (κ3) is 3.32. The van der Waals surface area contributed by atoms with Crippen LogP contribution in [0.3, 0.4) is 0 Å². The highest BCUT2D eigenvalue weighted by molar-refractivity contribution is 6.38. The van der Waals surface area contributed by atoms with Gasteiger partial charge >= 0.3 is 5.97 Å². The quantitative estimate of drug-likeness (QED) is 0.435. The number of carbonyl (C=O) groups excluding carboxylic acids is 1. The van der Waals surface area contributed by atoms with Gasteiger partial charge in [-0.2, -0.15) is 5.10 Å². The van der Waals surface area contributed by atoms with Crippen LogP contribution in [0.1, 0.15) is 17.0 Å². The summed E-state index contributed by atoms with van der Waals surface area (Å²) in [7, 11) is 0. The zero-order valence-electron chi connectivity index (χ0n) is 10.4. The van der Waals surface area contributed by atoms with Crippen molar-refractivity contribution in [2.24, 2.45) is 0 Å². The molecule has 0 fully saturated rings. The van der Waals surface area contributed by atoms with E-state index in [2.05, 4.69) is 10.2 Å². The molecule has 0 bridgehead atoms. The summed E-state index contributed by atoms with van der Waals surface area (Å²) in [5, 5.41) is 24.6. The van der Waals surface area contributed by atoms with E-state index >= 15 is 0 Å². The number of aliphatic hydroxyl groups excluding tert-OH is 1. The largest absolute Gasteiger partial charge is 0.505 e. The second-order valence-corrected chi connectivity index (χ2v) is 4.14. The summed E-state index contributed by atoms with van der Waals surface area (Å²) in [6.07, 6.45) is 1.22. The summed E-state index contributed by atoms with van der Waals surface area (Å²) in [5.41, 5.74) is 1.94. The highest BCUT2D eigenvalue weighted by atomic mass is 16.4. The molecule has 20 heavy (non-hydrogen) atoms.